The van der Waals surface area contributed by atoms with Gasteiger partial charge in [0.25, 0.3) is 5.91 Å². The summed E-state index contributed by atoms with van der Waals surface area (Å²) in [5.74, 6) is -0.254. The first-order chi connectivity index (χ1) is 11.5. The number of aryl methyl sites for hydroxylation is 1. The lowest BCUT2D eigenvalue weighted by molar-refractivity contribution is -0.121. The van der Waals surface area contributed by atoms with E-state index in [9.17, 15) is 14.0 Å². The number of hydrogen-bond donors (Lipinski definition) is 1. The SMILES string of the molecule is Cc1ccc(F)cc1NC(=O)CCN1C(=O)COc2ccccc21. The van der Waals surface area contributed by atoms with Crippen molar-refractivity contribution in [3.05, 3.63) is 53.8 Å². The zero-order valence-electron chi connectivity index (χ0n) is 13.2. The molecule has 0 aliphatic carbocycles. The second kappa shape index (κ2) is 6.70. The van der Waals surface area contributed by atoms with Crippen LogP contribution in [0.5, 0.6) is 5.75 Å². The molecule has 1 aliphatic heterocycles. The van der Waals surface area contributed by atoms with E-state index >= 15 is 0 Å². The van der Waals surface area contributed by atoms with Gasteiger partial charge in [-0.3, -0.25) is 9.59 Å². The monoisotopic (exact) mass is 328 g/mol. The molecule has 0 bridgehead atoms. The Morgan fingerprint density at radius 1 is 1.29 bits per heavy atom. The molecule has 0 spiro atoms. The van der Waals surface area contributed by atoms with E-state index in [1.165, 1.54) is 17.0 Å². The van der Waals surface area contributed by atoms with Crippen LogP contribution < -0.4 is 15.0 Å². The van der Waals surface area contributed by atoms with E-state index in [0.717, 1.165) is 5.56 Å². The molecule has 3 rings (SSSR count). The Labute approximate surface area is 139 Å². The molecule has 1 N–H and O–H groups in total. The van der Waals surface area contributed by atoms with Crippen LogP contribution >= 0.6 is 0 Å². The lowest BCUT2D eigenvalue weighted by atomic mass is 10.2. The van der Waals surface area contributed by atoms with Crippen molar-refractivity contribution in [1.29, 1.82) is 0 Å². The standard InChI is InChI=1S/C18H17FN2O3/c1-12-6-7-13(19)10-14(12)20-17(22)8-9-21-15-4-2-3-5-16(15)24-11-18(21)23/h2-7,10H,8-9,11H2,1H3,(H,20,22). The van der Waals surface area contributed by atoms with Gasteiger partial charge in [0, 0.05) is 18.7 Å². The summed E-state index contributed by atoms with van der Waals surface area (Å²) in [6.45, 7) is 1.98. The van der Waals surface area contributed by atoms with E-state index < -0.39 is 5.82 Å². The molecular formula is C18H17FN2O3. The first-order valence-corrected chi connectivity index (χ1v) is 7.63. The molecule has 1 heterocycles. The van der Waals surface area contributed by atoms with Crippen molar-refractivity contribution in [2.75, 3.05) is 23.4 Å². The summed E-state index contributed by atoms with van der Waals surface area (Å²) < 4.78 is 18.6. The third kappa shape index (κ3) is 3.37. The Bertz CT molecular complexity index is 792. The average molecular weight is 328 g/mol. The summed E-state index contributed by atoms with van der Waals surface area (Å²) in [6, 6.07) is 11.4. The molecule has 5 nitrogen and oxygen atoms in total. The number of ether oxygens (including phenoxy) is 1. The van der Waals surface area contributed by atoms with Gasteiger partial charge in [0.05, 0.1) is 5.69 Å². The van der Waals surface area contributed by atoms with Crippen molar-refractivity contribution in [2.24, 2.45) is 0 Å². The number of fused-ring (bicyclic) bond motifs is 1. The molecule has 124 valence electrons. The Kier molecular flexibility index (Phi) is 4.46. The highest BCUT2D eigenvalue weighted by Crippen LogP contribution is 2.31. The molecule has 0 unspecified atom stereocenters. The minimum atomic E-state index is -0.409. The smallest absolute Gasteiger partial charge is 0.265 e. The summed E-state index contributed by atoms with van der Waals surface area (Å²) in [5, 5.41) is 2.68. The second-order valence-electron chi connectivity index (χ2n) is 5.56. The number of amides is 2. The van der Waals surface area contributed by atoms with E-state index in [-0.39, 0.29) is 31.4 Å². The summed E-state index contributed by atoms with van der Waals surface area (Å²) in [4.78, 5) is 25.7. The third-order valence-corrected chi connectivity index (χ3v) is 3.84. The van der Waals surface area contributed by atoms with Crippen molar-refractivity contribution >= 4 is 23.2 Å². The van der Waals surface area contributed by atoms with E-state index in [1.54, 1.807) is 25.1 Å². The predicted molar refractivity (Wildman–Crippen MR) is 88.7 cm³/mol. The van der Waals surface area contributed by atoms with Crippen molar-refractivity contribution in [3.63, 3.8) is 0 Å². The van der Waals surface area contributed by atoms with Gasteiger partial charge in [-0.25, -0.2) is 4.39 Å². The first-order valence-electron chi connectivity index (χ1n) is 7.63. The molecule has 0 aromatic heterocycles. The van der Waals surface area contributed by atoms with Crippen LogP contribution in [-0.2, 0) is 9.59 Å². The minimum absolute atomic E-state index is 0.0400. The maximum absolute atomic E-state index is 13.3. The van der Waals surface area contributed by atoms with Crippen LogP contribution in [0.3, 0.4) is 0 Å². The Morgan fingerprint density at radius 2 is 2.08 bits per heavy atom. The Morgan fingerprint density at radius 3 is 2.92 bits per heavy atom. The lowest BCUT2D eigenvalue weighted by Crippen LogP contribution is -2.40. The fourth-order valence-electron chi connectivity index (χ4n) is 2.55. The molecule has 2 amide bonds. The second-order valence-corrected chi connectivity index (χ2v) is 5.56. The van der Waals surface area contributed by atoms with Crippen LogP contribution in [0.15, 0.2) is 42.5 Å². The van der Waals surface area contributed by atoms with Crippen LogP contribution in [0.4, 0.5) is 15.8 Å². The molecule has 0 saturated carbocycles. The Hall–Kier alpha value is -2.89. The zero-order valence-corrected chi connectivity index (χ0v) is 13.2. The van der Waals surface area contributed by atoms with E-state index in [1.807, 2.05) is 12.1 Å². The molecule has 0 saturated heterocycles. The highest BCUT2D eigenvalue weighted by molar-refractivity contribution is 5.99. The molecule has 1 aliphatic rings. The fourth-order valence-corrected chi connectivity index (χ4v) is 2.55. The van der Waals surface area contributed by atoms with Crippen LogP contribution in [0.25, 0.3) is 0 Å². The molecule has 2 aromatic rings. The topological polar surface area (TPSA) is 58.6 Å². The fraction of sp³-hybridized carbons (Fsp3) is 0.222. The number of benzene rings is 2. The van der Waals surface area contributed by atoms with Crippen LogP contribution in [0.1, 0.15) is 12.0 Å². The average Bonchev–Trinajstić information content (AvgIpc) is 2.57. The summed E-state index contributed by atoms with van der Waals surface area (Å²) in [5.41, 5.74) is 1.87. The third-order valence-electron chi connectivity index (χ3n) is 3.84. The minimum Gasteiger partial charge on any atom is -0.482 e. The lowest BCUT2D eigenvalue weighted by Gasteiger charge is -2.29. The molecule has 0 atom stereocenters. The summed E-state index contributed by atoms with van der Waals surface area (Å²) in [6.07, 6.45) is 0.107. The normalized spacial score (nSPS) is 13.2. The molecule has 24 heavy (non-hydrogen) atoms. The van der Waals surface area contributed by atoms with Gasteiger partial charge in [0.1, 0.15) is 11.6 Å². The van der Waals surface area contributed by atoms with Gasteiger partial charge in [-0.15, -0.1) is 0 Å². The van der Waals surface area contributed by atoms with Gasteiger partial charge >= 0.3 is 0 Å². The van der Waals surface area contributed by atoms with Crippen LogP contribution in [-0.4, -0.2) is 25.0 Å². The number of para-hydroxylation sites is 2. The molecule has 2 aromatic carbocycles. The first kappa shape index (κ1) is 16.0. The molecular weight excluding hydrogens is 311 g/mol. The maximum atomic E-state index is 13.3. The number of rotatable bonds is 4. The summed E-state index contributed by atoms with van der Waals surface area (Å²) >= 11 is 0. The van der Waals surface area contributed by atoms with Gasteiger partial charge < -0.3 is 15.0 Å². The largest absolute Gasteiger partial charge is 0.482 e. The van der Waals surface area contributed by atoms with Gasteiger partial charge in [-0.2, -0.15) is 0 Å². The highest BCUT2D eigenvalue weighted by Gasteiger charge is 2.25. The number of carbonyl (C=O) groups excluding carboxylic acids is 2. The highest BCUT2D eigenvalue weighted by atomic mass is 19.1. The van der Waals surface area contributed by atoms with E-state index in [0.29, 0.717) is 17.1 Å². The quantitative estimate of drug-likeness (QED) is 0.939. The summed E-state index contributed by atoms with van der Waals surface area (Å²) in [7, 11) is 0. The number of anilines is 2. The molecule has 0 radical (unpaired) electrons. The van der Waals surface area contributed by atoms with Crippen molar-refractivity contribution in [3.8, 4) is 5.75 Å². The molecule has 6 heteroatoms. The van der Waals surface area contributed by atoms with Crippen LogP contribution in [0, 0.1) is 12.7 Å². The van der Waals surface area contributed by atoms with Gasteiger partial charge in [-0.05, 0) is 36.8 Å². The number of halogens is 1. The number of nitrogens with zero attached hydrogens (tertiary/aromatic N) is 1. The van der Waals surface area contributed by atoms with E-state index in [2.05, 4.69) is 5.32 Å². The maximum Gasteiger partial charge on any atom is 0.265 e. The van der Waals surface area contributed by atoms with Gasteiger partial charge in [-0.1, -0.05) is 18.2 Å². The van der Waals surface area contributed by atoms with Crippen LogP contribution in [0.2, 0.25) is 0 Å². The number of carbonyl (C=O) groups is 2. The van der Waals surface area contributed by atoms with Gasteiger partial charge in [0.2, 0.25) is 5.91 Å². The predicted octanol–water partition coefficient (Wildman–Crippen LogP) is 2.89. The number of nitrogens with one attached hydrogen (secondary N) is 1. The molecule has 0 fully saturated rings. The zero-order chi connectivity index (χ0) is 17.1. The Balaban J connectivity index is 1.66. The van der Waals surface area contributed by atoms with Crippen molar-refractivity contribution < 1.29 is 18.7 Å². The van der Waals surface area contributed by atoms with Gasteiger partial charge in [0.15, 0.2) is 6.61 Å². The van der Waals surface area contributed by atoms with Crippen molar-refractivity contribution in [2.45, 2.75) is 13.3 Å². The number of hydrogen-bond acceptors (Lipinski definition) is 3. The van der Waals surface area contributed by atoms with E-state index in [4.69, 9.17) is 4.74 Å². The van der Waals surface area contributed by atoms with Crippen molar-refractivity contribution in [1.82, 2.24) is 0 Å².